The summed E-state index contributed by atoms with van der Waals surface area (Å²) in [7, 11) is 3.40. The molecule has 1 fully saturated rings. The van der Waals surface area contributed by atoms with Crippen molar-refractivity contribution in [3.05, 3.63) is 47.7 Å². The van der Waals surface area contributed by atoms with E-state index in [0.29, 0.717) is 0 Å². The predicted octanol–water partition coefficient (Wildman–Crippen LogP) is 0.710. The van der Waals surface area contributed by atoms with Gasteiger partial charge in [0.1, 0.15) is 5.57 Å². The van der Waals surface area contributed by atoms with Crippen molar-refractivity contribution in [3.8, 4) is 0 Å². The van der Waals surface area contributed by atoms with Gasteiger partial charge in [0.15, 0.2) is 0 Å². The molecule has 1 aliphatic heterocycles. The second kappa shape index (κ2) is 5.56. The largest absolute Gasteiger partial charge is 0.383 e. The Morgan fingerprint density at radius 1 is 1.15 bits per heavy atom. The van der Waals surface area contributed by atoms with Crippen LogP contribution in [0.1, 0.15) is 5.56 Å². The third-order valence-corrected chi connectivity index (χ3v) is 2.76. The van der Waals surface area contributed by atoms with Crippen molar-refractivity contribution in [1.29, 1.82) is 0 Å². The van der Waals surface area contributed by atoms with E-state index in [9.17, 15) is 14.4 Å². The highest BCUT2D eigenvalue weighted by molar-refractivity contribution is 6.28. The second-order valence-electron chi connectivity index (χ2n) is 4.64. The summed E-state index contributed by atoms with van der Waals surface area (Å²) in [5.41, 5.74) is 0.764. The van der Waals surface area contributed by atoms with Gasteiger partial charge in [-0.15, -0.1) is 0 Å². The molecule has 1 aromatic rings. The van der Waals surface area contributed by atoms with E-state index in [1.807, 2.05) is 30.3 Å². The van der Waals surface area contributed by atoms with Crippen molar-refractivity contribution in [1.82, 2.24) is 15.1 Å². The average Bonchev–Trinajstić information content (AvgIpc) is 2.40. The number of imide groups is 2. The van der Waals surface area contributed by atoms with E-state index < -0.39 is 17.8 Å². The Labute approximate surface area is 116 Å². The molecule has 0 aliphatic carbocycles. The van der Waals surface area contributed by atoms with Gasteiger partial charge in [-0.05, 0) is 5.56 Å². The van der Waals surface area contributed by atoms with Gasteiger partial charge < -0.3 is 4.90 Å². The SMILES string of the molecule is CN(C)C=C1C(=O)NC(=O)N(Cc2ccccc2)C1=O. The number of urea groups is 1. The topological polar surface area (TPSA) is 69.7 Å². The molecule has 0 spiro atoms. The molecule has 0 aromatic heterocycles. The molecule has 6 nitrogen and oxygen atoms in total. The summed E-state index contributed by atoms with van der Waals surface area (Å²) in [5, 5.41) is 2.17. The van der Waals surface area contributed by atoms with Crippen molar-refractivity contribution in [2.75, 3.05) is 14.1 Å². The molecule has 0 atom stereocenters. The highest BCUT2D eigenvalue weighted by Crippen LogP contribution is 2.14. The van der Waals surface area contributed by atoms with E-state index in [0.717, 1.165) is 10.5 Å². The van der Waals surface area contributed by atoms with Crippen LogP contribution in [0.2, 0.25) is 0 Å². The van der Waals surface area contributed by atoms with Crippen LogP contribution in [0.3, 0.4) is 0 Å². The average molecular weight is 273 g/mol. The summed E-state index contributed by atoms with van der Waals surface area (Å²) in [6, 6.07) is 8.42. The first-order chi connectivity index (χ1) is 9.49. The van der Waals surface area contributed by atoms with Crippen LogP contribution in [0.4, 0.5) is 4.79 Å². The smallest absolute Gasteiger partial charge is 0.331 e. The van der Waals surface area contributed by atoms with Gasteiger partial charge in [0.2, 0.25) is 0 Å². The fraction of sp³-hybridized carbons (Fsp3) is 0.214. The molecule has 1 aliphatic rings. The summed E-state index contributed by atoms with van der Waals surface area (Å²) in [6.07, 6.45) is 1.40. The number of rotatable bonds is 3. The maximum absolute atomic E-state index is 12.2. The molecule has 1 N–H and O–H groups in total. The molecule has 0 radical (unpaired) electrons. The lowest BCUT2D eigenvalue weighted by atomic mass is 10.1. The van der Waals surface area contributed by atoms with Crippen LogP contribution >= 0.6 is 0 Å². The van der Waals surface area contributed by atoms with Gasteiger partial charge in [0.05, 0.1) is 6.54 Å². The molecule has 0 saturated carbocycles. The summed E-state index contributed by atoms with van der Waals surface area (Å²) < 4.78 is 0. The molecule has 20 heavy (non-hydrogen) atoms. The Bertz CT molecular complexity index is 579. The Balaban J connectivity index is 2.26. The fourth-order valence-corrected chi connectivity index (χ4v) is 1.85. The Kier molecular flexibility index (Phi) is 3.84. The van der Waals surface area contributed by atoms with Crippen LogP contribution in [0.15, 0.2) is 42.1 Å². The third-order valence-electron chi connectivity index (χ3n) is 2.76. The molecular weight excluding hydrogens is 258 g/mol. The standard InChI is InChI=1S/C14H15N3O3/c1-16(2)9-11-12(18)15-14(20)17(13(11)19)8-10-6-4-3-5-7-10/h3-7,9H,8H2,1-2H3,(H,15,18,20). The second-order valence-corrected chi connectivity index (χ2v) is 4.64. The molecule has 1 aromatic carbocycles. The third kappa shape index (κ3) is 2.85. The lowest BCUT2D eigenvalue weighted by Gasteiger charge is -2.26. The van der Waals surface area contributed by atoms with Gasteiger partial charge in [-0.3, -0.25) is 19.8 Å². The number of benzene rings is 1. The molecule has 0 unspecified atom stereocenters. The summed E-state index contributed by atoms with van der Waals surface area (Å²) in [5.74, 6) is -1.26. The minimum atomic E-state index is -0.695. The minimum absolute atomic E-state index is 0.0504. The normalized spacial score (nSPS) is 17.4. The van der Waals surface area contributed by atoms with E-state index in [1.54, 1.807) is 19.0 Å². The van der Waals surface area contributed by atoms with E-state index in [-0.39, 0.29) is 12.1 Å². The van der Waals surface area contributed by atoms with Crippen molar-refractivity contribution < 1.29 is 14.4 Å². The molecule has 0 bridgehead atoms. The molecular formula is C14H15N3O3. The van der Waals surface area contributed by atoms with Gasteiger partial charge in [0.25, 0.3) is 11.8 Å². The number of hydrogen-bond donors (Lipinski definition) is 1. The zero-order valence-electron chi connectivity index (χ0n) is 11.3. The molecule has 1 heterocycles. The number of carbonyl (C=O) groups is 3. The highest BCUT2D eigenvalue weighted by Gasteiger charge is 2.35. The van der Waals surface area contributed by atoms with Crippen molar-refractivity contribution >= 4 is 17.8 Å². The lowest BCUT2D eigenvalue weighted by molar-refractivity contribution is -0.130. The van der Waals surface area contributed by atoms with Crippen LogP contribution in [0.25, 0.3) is 0 Å². The maximum Gasteiger partial charge on any atom is 0.331 e. The van der Waals surface area contributed by atoms with Gasteiger partial charge in [-0.1, -0.05) is 30.3 Å². The predicted molar refractivity (Wildman–Crippen MR) is 72.3 cm³/mol. The number of amides is 4. The van der Waals surface area contributed by atoms with Gasteiger partial charge >= 0.3 is 6.03 Å². The van der Waals surface area contributed by atoms with E-state index in [4.69, 9.17) is 0 Å². The lowest BCUT2D eigenvalue weighted by Crippen LogP contribution is -2.53. The number of hydrogen-bond acceptors (Lipinski definition) is 4. The number of barbiturate groups is 1. The van der Waals surface area contributed by atoms with Crippen molar-refractivity contribution in [3.63, 3.8) is 0 Å². The van der Waals surface area contributed by atoms with Crippen molar-refractivity contribution in [2.24, 2.45) is 0 Å². The zero-order chi connectivity index (χ0) is 14.7. The first-order valence-electron chi connectivity index (χ1n) is 6.08. The first-order valence-corrected chi connectivity index (χ1v) is 6.08. The molecule has 1 saturated heterocycles. The fourth-order valence-electron chi connectivity index (χ4n) is 1.85. The van der Waals surface area contributed by atoms with Crippen molar-refractivity contribution in [2.45, 2.75) is 6.54 Å². The molecule has 2 rings (SSSR count). The van der Waals surface area contributed by atoms with E-state index in [1.165, 1.54) is 6.20 Å². The number of nitrogens with zero attached hydrogens (tertiary/aromatic N) is 2. The monoisotopic (exact) mass is 273 g/mol. The van der Waals surface area contributed by atoms with Crippen LogP contribution in [0, 0.1) is 0 Å². The molecule has 6 heteroatoms. The van der Waals surface area contributed by atoms with Gasteiger partial charge in [-0.2, -0.15) is 0 Å². The summed E-state index contributed by atoms with van der Waals surface area (Å²) in [4.78, 5) is 38.3. The van der Waals surface area contributed by atoms with Crippen LogP contribution in [-0.2, 0) is 16.1 Å². The number of carbonyl (C=O) groups excluding carboxylic acids is 3. The van der Waals surface area contributed by atoms with Crippen LogP contribution in [-0.4, -0.2) is 41.7 Å². The minimum Gasteiger partial charge on any atom is -0.383 e. The van der Waals surface area contributed by atoms with E-state index in [2.05, 4.69) is 5.32 Å². The molecule has 4 amide bonds. The summed E-state index contributed by atoms with van der Waals surface area (Å²) >= 11 is 0. The quantitative estimate of drug-likeness (QED) is 0.650. The summed E-state index contributed by atoms with van der Waals surface area (Å²) in [6.45, 7) is 0.129. The molecule has 104 valence electrons. The maximum atomic E-state index is 12.2. The van der Waals surface area contributed by atoms with Crippen LogP contribution < -0.4 is 5.32 Å². The first kappa shape index (κ1) is 13.8. The van der Waals surface area contributed by atoms with Gasteiger partial charge in [-0.25, -0.2) is 4.79 Å². The van der Waals surface area contributed by atoms with Gasteiger partial charge in [0, 0.05) is 20.3 Å². The Hall–Kier alpha value is -2.63. The Morgan fingerprint density at radius 2 is 1.80 bits per heavy atom. The highest BCUT2D eigenvalue weighted by atomic mass is 16.2. The van der Waals surface area contributed by atoms with Crippen LogP contribution in [0.5, 0.6) is 0 Å². The number of nitrogens with one attached hydrogen (secondary N) is 1. The Morgan fingerprint density at radius 3 is 2.40 bits per heavy atom. The van der Waals surface area contributed by atoms with E-state index >= 15 is 0 Å². The zero-order valence-corrected chi connectivity index (χ0v) is 11.3.